The molecule has 5 nitrogen and oxygen atoms in total. The third-order valence-electron chi connectivity index (χ3n) is 1.43. The number of amides is 1. The largest absolute Gasteiger partial charge is 0.369 e. The average molecular weight is 208 g/mol. The molecule has 0 spiro atoms. The Labute approximate surface area is 78.7 Å². The zero-order valence-electron chi connectivity index (χ0n) is 7.75. The summed E-state index contributed by atoms with van der Waals surface area (Å²) < 4.78 is 24.3. The van der Waals surface area contributed by atoms with E-state index in [0.29, 0.717) is 6.54 Å². The van der Waals surface area contributed by atoms with Gasteiger partial charge in [0.15, 0.2) is 0 Å². The summed E-state index contributed by atoms with van der Waals surface area (Å²) in [6.07, 6.45) is 2.78. The van der Waals surface area contributed by atoms with E-state index >= 15 is 0 Å². The molecule has 0 aromatic heterocycles. The molecule has 0 radical (unpaired) electrons. The van der Waals surface area contributed by atoms with Gasteiger partial charge in [-0.3, -0.25) is 4.79 Å². The first kappa shape index (κ1) is 12.4. The number of rotatable bonds is 7. The molecule has 0 atom stereocenters. The van der Waals surface area contributed by atoms with Gasteiger partial charge in [-0.25, -0.2) is 13.1 Å². The summed E-state index contributed by atoms with van der Waals surface area (Å²) in [7, 11) is -3.49. The number of carbonyl (C=O) groups is 1. The molecule has 13 heavy (non-hydrogen) atoms. The van der Waals surface area contributed by atoms with Crippen molar-refractivity contribution in [1.82, 2.24) is 4.72 Å². The number of carbonyl (C=O) groups excluding carboxylic acids is 1. The topological polar surface area (TPSA) is 89.3 Å². The normalized spacial score (nSPS) is 11.5. The highest BCUT2D eigenvalue weighted by Gasteiger charge is 2.12. The van der Waals surface area contributed by atoms with Crippen LogP contribution in [0.2, 0.25) is 0 Å². The summed E-state index contributed by atoms with van der Waals surface area (Å²) in [6.45, 7) is 2.40. The second kappa shape index (κ2) is 5.93. The fourth-order valence-electron chi connectivity index (χ4n) is 0.841. The van der Waals surface area contributed by atoms with Crippen LogP contribution in [0, 0.1) is 0 Å². The van der Waals surface area contributed by atoms with Crippen molar-refractivity contribution >= 4 is 15.9 Å². The van der Waals surface area contributed by atoms with Crippen molar-refractivity contribution in [3.63, 3.8) is 0 Å². The van der Waals surface area contributed by atoms with Gasteiger partial charge in [-0.05, 0) is 6.42 Å². The minimum atomic E-state index is -3.49. The maximum Gasteiger partial charge on any atom is 0.234 e. The van der Waals surface area contributed by atoms with E-state index in [1.807, 2.05) is 6.92 Å². The second-order valence-corrected chi connectivity index (χ2v) is 4.63. The Balaban J connectivity index is 3.71. The van der Waals surface area contributed by atoms with Gasteiger partial charge in [0.25, 0.3) is 0 Å². The van der Waals surface area contributed by atoms with Crippen LogP contribution in [0.25, 0.3) is 0 Å². The highest BCUT2D eigenvalue weighted by Crippen LogP contribution is 1.92. The van der Waals surface area contributed by atoms with E-state index < -0.39 is 21.7 Å². The molecular formula is C7H16N2O3S. The van der Waals surface area contributed by atoms with Crippen molar-refractivity contribution in [2.75, 3.05) is 12.3 Å². The third-order valence-corrected chi connectivity index (χ3v) is 2.74. The van der Waals surface area contributed by atoms with Crippen LogP contribution in [0.1, 0.15) is 26.2 Å². The number of unbranched alkanes of at least 4 members (excludes halogenated alkanes) is 2. The summed E-state index contributed by atoms with van der Waals surface area (Å²) in [4.78, 5) is 10.3. The molecule has 0 fully saturated rings. The molecule has 0 rings (SSSR count). The molecule has 0 aliphatic rings. The first-order valence-electron chi connectivity index (χ1n) is 4.23. The van der Waals surface area contributed by atoms with Gasteiger partial charge in [-0.15, -0.1) is 0 Å². The van der Waals surface area contributed by atoms with Crippen molar-refractivity contribution < 1.29 is 13.2 Å². The summed E-state index contributed by atoms with van der Waals surface area (Å²) in [5.74, 6) is -1.46. The minimum absolute atomic E-state index is 0.378. The quantitative estimate of drug-likeness (QED) is 0.557. The van der Waals surface area contributed by atoms with Crippen molar-refractivity contribution in [3.05, 3.63) is 0 Å². The molecule has 1 amide bonds. The summed E-state index contributed by atoms with van der Waals surface area (Å²) >= 11 is 0. The molecule has 0 heterocycles. The zero-order chi connectivity index (χ0) is 10.3. The molecule has 0 aromatic rings. The first-order valence-corrected chi connectivity index (χ1v) is 5.89. The lowest BCUT2D eigenvalue weighted by molar-refractivity contribution is -0.115. The van der Waals surface area contributed by atoms with Crippen molar-refractivity contribution in [3.8, 4) is 0 Å². The van der Waals surface area contributed by atoms with Gasteiger partial charge in [0.05, 0.1) is 0 Å². The fraction of sp³-hybridized carbons (Fsp3) is 0.857. The Morgan fingerprint density at radius 2 is 2.00 bits per heavy atom. The van der Waals surface area contributed by atoms with Gasteiger partial charge >= 0.3 is 0 Å². The van der Waals surface area contributed by atoms with Gasteiger partial charge in [-0.1, -0.05) is 19.8 Å². The molecule has 0 saturated heterocycles. The average Bonchev–Trinajstić information content (AvgIpc) is 1.95. The van der Waals surface area contributed by atoms with Crippen LogP contribution in [-0.4, -0.2) is 26.6 Å². The summed E-state index contributed by atoms with van der Waals surface area (Å²) in [5.41, 5.74) is 4.75. The Morgan fingerprint density at radius 1 is 1.38 bits per heavy atom. The van der Waals surface area contributed by atoms with E-state index in [9.17, 15) is 13.2 Å². The van der Waals surface area contributed by atoms with E-state index in [2.05, 4.69) is 4.72 Å². The molecule has 0 bridgehead atoms. The Hall–Kier alpha value is -0.620. The highest BCUT2D eigenvalue weighted by molar-refractivity contribution is 7.90. The third kappa shape index (κ3) is 7.73. The molecule has 0 unspecified atom stereocenters. The number of primary amides is 1. The molecular weight excluding hydrogens is 192 g/mol. The van der Waals surface area contributed by atoms with Gasteiger partial charge < -0.3 is 5.73 Å². The number of nitrogens with two attached hydrogens (primary N) is 1. The van der Waals surface area contributed by atoms with Crippen molar-refractivity contribution in [2.45, 2.75) is 26.2 Å². The van der Waals surface area contributed by atoms with E-state index in [4.69, 9.17) is 5.73 Å². The minimum Gasteiger partial charge on any atom is -0.369 e. The lowest BCUT2D eigenvalue weighted by Crippen LogP contribution is -2.33. The van der Waals surface area contributed by atoms with Crippen LogP contribution < -0.4 is 10.5 Å². The lowest BCUT2D eigenvalue weighted by Gasteiger charge is -2.03. The van der Waals surface area contributed by atoms with Crippen LogP contribution >= 0.6 is 0 Å². The standard InChI is InChI=1S/C7H16N2O3S/c1-2-3-4-5-9-13(11,12)6-7(8)10/h9H,2-6H2,1H3,(H2,8,10). The number of hydrogen-bond acceptors (Lipinski definition) is 3. The van der Waals surface area contributed by atoms with E-state index in [-0.39, 0.29) is 0 Å². The van der Waals surface area contributed by atoms with Crippen molar-refractivity contribution in [2.24, 2.45) is 5.73 Å². The van der Waals surface area contributed by atoms with Crippen LogP contribution in [-0.2, 0) is 14.8 Å². The second-order valence-electron chi connectivity index (χ2n) is 2.83. The van der Waals surface area contributed by atoms with E-state index in [0.717, 1.165) is 19.3 Å². The van der Waals surface area contributed by atoms with Crippen LogP contribution in [0.15, 0.2) is 0 Å². The van der Waals surface area contributed by atoms with Gasteiger partial charge in [-0.2, -0.15) is 0 Å². The van der Waals surface area contributed by atoms with Gasteiger partial charge in [0.1, 0.15) is 5.75 Å². The van der Waals surface area contributed by atoms with E-state index in [1.165, 1.54) is 0 Å². The number of sulfonamides is 1. The van der Waals surface area contributed by atoms with Gasteiger partial charge in [0.2, 0.25) is 15.9 Å². The molecule has 0 aliphatic carbocycles. The molecule has 78 valence electrons. The maximum absolute atomic E-state index is 11.0. The molecule has 3 N–H and O–H groups in total. The Bertz CT molecular complexity index is 248. The van der Waals surface area contributed by atoms with E-state index in [1.54, 1.807) is 0 Å². The summed E-state index contributed by atoms with van der Waals surface area (Å²) in [5, 5.41) is 0. The zero-order valence-corrected chi connectivity index (χ0v) is 8.56. The smallest absolute Gasteiger partial charge is 0.234 e. The SMILES string of the molecule is CCCCCNS(=O)(=O)CC(N)=O. The lowest BCUT2D eigenvalue weighted by atomic mass is 10.3. The monoisotopic (exact) mass is 208 g/mol. The predicted octanol–water partition coefficient (Wildman–Crippen LogP) is -0.419. The summed E-state index contributed by atoms with van der Waals surface area (Å²) in [6, 6.07) is 0. The number of hydrogen-bond donors (Lipinski definition) is 2. The van der Waals surface area contributed by atoms with Crippen LogP contribution in [0.3, 0.4) is 0 Å². The molecule has 0 aliphatic heterocycles. The number of nitrogens with one attached hydrogen (secondary N) is 1. The van der Waals surface area contributed by atoms with Crippen molar-refractivity contribution in [1.29, 1.82) is 0 Å². The Kier molecular flexibility index (Phi) is 5.65. The predicted molar refractivity (Wildman–Crippen MR) is 50.5 cm³/mol. The molecule has 6 heteroatoms. The Morgan fingerprint density at radius 3 is 2.46 bits per heavy atom. The van der Waals surface area contributed by atoms with Crippen LogP contribution in [0.5, 0.6) is 0 Å². The molecule has 0 saturated carbocycles. The fourth-order valence-corrected chi connectivity index (χ4v) is 1.77. The van der Waals surface area contributed by atoms with Gasteiger partial charge in [0, 0.05) is 6.54 Å². The first-order chi connectivity index (χ1) is 5.98. The maximum atomic E-state index is 11.0. The highest BCUT2D eigenvalue weighted by atomic mass is 32.2. The molecule has 0 aromatic carbocycles. The van der Waals surface area contributed by atoms with Crippen LogP contribution in [0.4, 0.5) is 0 Å².